The predicted octanol–water partition coefficient (Wildman–Crippen LogP) is 5.92. The lowest BCUT2D eigenvalue weighted by Gasteiger charge is -2.27. The zero-order chi connectivity index (χ0) is 23.4. The fourth-order valence-electron chi connectivity index (χ4n) is 3.74. The van der Waals surface area contributed by atoms with Crippen LogP contribution in [0.5, 0.6) is 5.75 Å². The first-order chi connectivity index (χ1) is 16.0. The fraction of sp³-hybridized carbons (Fsp3) is 0.154. The number of hydrogen-bond donors (Lipinski definition) is 1. The molecule has 0 radical (unpaired) electrons. The van der Waals surface area contributed by atoms with Gasteiger partial charge in [-0.1, -0.05) is 71.7 Å². The number of hydrogen-bond acceptors (Lipinski definition) is 4. The molecular weight excluding hydrogens is 457 g/mol. The maximum absolute atomic E-state index is 13.0. The van der Waals surface area contributed by atoms with E-state index in [4.69, 9.17) is 38.7 Å². The molecule has 1 aromatic heterocycles. The van der Waals surface area contributed by atoms with E-state index in [0.717, 1.165) is 16.5 Å². The SMILES string of the molecule is Cc1nc2ccccc2c(OCc2c(Cl)cccc2Cl)c1N(Cc1ccccc1)C(=O)CN. The summed E-state index contributed by atoms with van der Waals surface area (Å²) in [4.78, 5) is 19.4. The van der Waals surface area contributed by atoms with Crippen LogP contribution in [0, 0.1) is 6.92 Å². The Labute approximate surface area is 202 Å². The van der Waals surface area contributed by atoms with Crippen LogP contribution >= 0.6 is 23.2 Å². The van der Waals surface area contributed by atoms with Crippen LogP contribution in [0.4, 0.5) is 5.69 Å². The van der Waals surface area contributed by atoms with Gasteiger partial charge < -0.3 is 15.4 Å². The fourth-order valence-corrected chi connectivity index (χ4v) is 4.24. The average molecular weight is 480 g/mol. The Morgan fingerprint density at radius 1 is 0.970 bits per heavy atom. The van der Waals surface area contributed by atoms with Crippen LogP contribution in [0.2, 0.25) is 10.0 Å². The number of benzene rings is 3. The number of pyridine rings is 1. The number of ether oxygens (including phenoxy) is 1. The van der Waals surface area contributed by atoms with E-state index >= 15 is 0 Å². The second-order valence-corrected chi connectivity index (χ2v) is 8.36. The van der Waals surface area contributed by atoms with Crippen molar-refractivity contribution < 1.29 is 9.53 Å². The second-order valence-electron chi connectivity index (χ2n) is 7.55. The summed E-state index contributed by atoms with van der Waals surface area (Å²) in [5, 5.41) is 1.81. The molecule has 2 N–H and O–H groups in total. The van der Waals surface area contributed by atoms with Gasteiger partial charge in [0.2, 0.25) is 5.91 Å². The third-order valence-electron chi connectivity index (χ3n) is 5.35. The summed E-state index contributed by atoms with van der Waals surface area (Å²) in [6, 6.07) is 22.7. The lowest BCUT2D eigenvalue weighted by atomic mass is 10.1. The number of fused-ring (bicyclic) bond motifs is 1. The van der Waals surface area contributed by atoms with Crippen molar-refractivity contribution in [2.24, 2.45) is 5.73 Å². The van der Waals surface area contributed by atoms with Gasteiger partial charge >= 0.3 is 0 Å². The lowest BCUT2D eigenvalue weighted by molar-refractivity contribution is -0.117. The van der Waals surface area contributed by atoms with Gasteiger partial charge in [0.05, 0.1) is 24.3 Å². The van der Waals surface area contributed by atoms with E-state index in [1.54, 1.807) is 23.1 Å². The second kappa shape index (κ2) is 10.2. The van der Waals surface area contributed by atoms with E-state index in [-0.39, 0.29) is 19.1 Å². The van der Waals surface area contributed by atoms with Crippen molar-refractivity contribution in [3.63, 3.8) is 0 Å². The Kier molecular flexibility index (Phi) is 7.14. The summed E-state index contributed by atoms with van der Waals surface area (Å²) in [6.07, 6.45) is 0. The molecule has 7 heteroatoms. The van der Waals surface area contributed by atoms with Crippen LogP contribution < -0.4 is 15.4 Å². The van der Waals surface area contributed by atoms with Crippen LogP contribution in [-0.2, 0) is 17.9 Å². The van der Waals surface area contributed by atoms with Crippen LogP contribution in [-0.4, -0.2) is 17.4 Å². The van der Waals surface area contributed by atoms with E-state index in [0.29, 0.717) is 39.3 Å². The number of aryl methyl sites for hydroxylation is 1. The number of para-hydroxylation sites is 1. The molecule has 0 atom stereocenters. The largest absolute Gasteiger partial charge is 0.486 e. The number of rotatable bonds is 7. The van der Waals surface area contributed by atoms with Gasteiger partial charge in [0, 0.05) is 21.0 Å². The Morgan fingerprint density at radius 3 is 2.33 bits per heavy atom. The Hall–Kier alpha value is -3.12. The van der Waals surface area contributed by atoms with Crippen LogP contribution in [0.15, 0.2) is 72.8 Å². The Balaban J connectivity index is 1.85. The first kappa shape index (κ1) is 23.1. The van der Waals surface area contributed by atoms with Crippen LogP contribution in [0.3, 0.4) is 0 Å². The number of nitrogens with two attached hydrogens (primary N) is 1. The van der Waals surface area contributed by atoms with Crippen molar-refractivity contribution in [1.29, 1.82) is 0 Å². The highest BCUT2D eigenvalue weighted by Crippen LogP contribution is 2.40. The molecule has 4 rings (SSSR count). The number of aromatic nitrogens is 1. The summed E-state index contributed by atoms with van der Waals surface area (Å²) in [7, 11) is 0. The van der Waals surface area contributed by atoms with Crippen molar-refractivity contribution in [2.75, 3.05) is 11.4 Å². The quantitative estimate of drug-likeness (QED) is 0.357. The molecular formula is C26H23Cl2N3O2. The Morgan fingerprint density at radius 2 is 1.64 bits per heavy atom. The molecule has 0 aliphatic carbocycles. The molecule has 0 unspecified atom stereocenters. The molecule has 0 saturated carbocycles. The molecule has 4 aromatic rings. The molecule has 0 aliphatic rings. The summed E-state index contributed by atoms with van der Waals surface area (Å²) < 4.78 is 6.35. The standard InChI is InChI=1S/C26H23Cl2N3O2/c1-17-25(31(24(32)14-29)15-18-8-3-2-4-9-18)26(19-10-5-6-13-23(19)30-17)33-16-20-21(27)11-7-12-22(20)28/h2-13H,14-16,29H2,1H3. The van der Waals surface area contributed by atoms with Gasteiger partial charge in [0.25, 0.3) is 0 Å². The number of carbonyl (C=O) groups is 1. The van der Waals surface area contributed by atoms with Gasteiger partial charge in [0.15, 0.2) is 5.75 Å². The van der Waals surface area contributed by atoms with Crippen molar-refractivity contribution >= 4 is 45.7 Å². The molecule has 0 fully saturated rings. The van der Waals surface area contributed by atoms with Crippen molar-refractivity contribution in [2.45, 2.75) is 20.1 Å². The summed E-state index contributed by atoms with van der Waals surface area (Å²) in [5.74, 6) is 0.298. The van der Waals surface area contributed by atoms with Crippen LogP contribution in [0.25, 0.3) is 10.9 Å². The molecule has 33 heavy (non-hydrogen) atoms. The highest BCUT2D eigenvalue weighted by atomic mass is 35.5. The van der Waals surface area contributed by atoms with Gasteiger partial charge in [-0.05, 0) is 36.8 Å². The molecule has 0 bridgehead atoms. The van der Waals surface area contributed by atoms with Crippen molar-refractivity contribution in [3.05, 3.63) is 99.7 Å². The molecule has 3 aromatic carbocycles. The monoisotopic (exact) mass is 479 g/mol. The van der Waals surface area contributed by atoms with E-state index in [1.165, 1.54) is 0 Å². The predicted molar refractivity (Wildman–Crippen MR) is 134 cm³/mol. The third-order valence-corrected chi connectivity index (χ3v) is 6.05. The van der Waals surface area contributed by atoms with E-state index in [9.17, 15) is 4.79 Å². The van der Waals surface area contributed by atoms with Gasteiger partial charge in [-0.2, -0.15) is 0 Å². The van der Waals surface area contributed by atoms with Gasteiger partial charge in [-0.25, -0.2) is 0 Å². The van der Waals surface area contributed by atoms with Crippen molar-refractivity contribution in [1.82, 2.24) is 4.98 Å². The summed E-state index contributed by atoms with van der Waals surface area (Å²) >= 11 is 12.7. The number of carbonyl (C=O) groups excluding carboxylic acids is 1. The van der Waals surface area contributed by atoms with Crippen LogP contribution in [0.1, 0.15) is 16.8 Å². The van der Waals surface area contributed by atoms with E-state index in [1.807, 2.05) is 61.5 Å². The van der Waals surface area contributed by atoms with E-state index < -0.39 is 0 Å². The number of nitrogens with zero attached hydrogens (tertiary/aromatic N) is 2. The summed E-state index contributed by atoms with van der Waals surface area (Å²) in [6.45, 7) is 2.18. The average Bonchev–Trinajstić information content (AvgIpc) is 2.82. The number of anilines is 1. The number of halogens is 2. The smallest absolute Gasteiger partial charge is 0.241 e. The zero-order valence-electron chi connectivity index (χ0n) is 18.1. The molecule has 1 amide bonds. The molecule has 5 nitrogen and oxygen atoms in total. The minimum absolute atomic E-state index is 0.134. The molecule has 0 saturated heterocycles. The highest BCUT2D eigenvalue weighted by molar-refractivity contribution is 6.35. The maximum Gasteiger partial charge on any atom is 0.241 e. The highest BCUT2D eigenvalue weighted by Gasteiger charge is 2.25. The first-order valence-electron chi connectivity index (χ1n) is 10.5. The third kappa shape index (κ3) is 4.96. The van der Waals surface area contributed by atoms with Gasteiger partial charge in [-0.15, -0.1) is 0 Å². The number of amides is 1. The molecule has 168 valence electrons. The summed E-state index contributed by atoms with van der Waals surface area (Å²) in [5.41, 5.74) is 9.43. The normalized spacial score (nSPS) is 10.9. The van der Waals surface area contributed by atoms with Gasteiger partial charge in [0.1, 0.15) is 12.3 Å². The van der Waals surface area contributed by atoms with Gasteiger partial charge in [-0.3, -0.25) is 9.78 Å². The zero-order valence-corrected chi connectivity index (χ0v) is 19.6. The Bertz CT molecular complexity index is 1280. The molecule has 1 heterocycles. The maximum atomic E-state index is 13.0. The van der Waals surface area contributed by atoms with Crippen molar-refractivity contribution in [3.8, 4) is 5.75 Å². The minimum Gasteiger partial charge on any atom is -0.486 e. The topological polar surface area (TPSA) is 68.5 Å². The lowest BCUT2D eigenvalue weighted by Crippen LogP contribution is -2.36. The minimum atomic E-state index is -0.236. The first-order valence-corrected chi connectivity index (χ1v) is 11.2. The molecule has 0 spiro atoms. The molecule has 0 aliphatic heterocycles. The van der Waals surface area contributed by atoms with E-state index in [2.05, 4.69) is 0 Å².